The second-order valence-corrected chi connectivity index (χ2v) is 17.9. The Hall–Kier alpha value is -3.67. The van der Waals surface area contributed by atoms with Crippen LogP contribution >= 0.6 is 0 Å². The standard InChI is InChI=1S/C60H100O6/c1-4-7-10-13-16-19-22-25-28-30-31-33-35-38-41-44-47-50-53-59(62)65-56-57(55-64-58(61)52-49-46-43-40-37-34-27-24-21-18-15-12-9-6-3)66-60(63)54-51-48-45-42-39-36-32-29-26-23-20-17-14-11-8-5-2/h9-10,12-13,16,18-19,21-22,25,28-33,57H,4-8,11,14-15,17,20,23-24,26-27,34-56H2,1-3H3/b12-9-,13-10-,19-16-,21-18-,25-22-,30-28-,32-29-,33-31-. The average Bonchev–Trinajstić information content (AvgIpc) is 3.31. The van der Waals surface area contributed by atoms with Crippen molar-refractivity contribution >= 4 is 17.9 Å². The molecule has 0 aromatic rings. The minimum Gasteiger partial charge on any atom is -0.462 e. The van der Waals surface area contributed by atoms with Gasteiger partial charge in [0.15, 0.2) is 6.10 Å². The van der Waals surface area contributed by atoms with E-state index >= 15 is 0 Å². The van der Waals surface area contributed by atoms with E-state index in [0.29, 0.717) is 19.3 Å². The minimum absolute atomic E-state index is 0.0943. The monoisotopic (exact) mass is 917 g/mol. The largest absolute Gasteiger partial charge is 0.462 e. The van der Waals surface area contributed by atoms with Gasteiger partial charge in [-0.3, -0.25) is 14.4 Å². The summed E-state index contributed by atoms with van der Waals surface area (Å²) in [5, 5.41) is 0. The van der Waals surface area contributed by atoms with Crippen molar-refractivity contribution in [3.8, 4) is 0 Å². The maximum Gasteiger partial charge on any atom is 0.306 e. The molecule has 0 aliphatic heterocycles. The first-order chi connectivity index (χ1) is 32.5. The molecule has 0 spiro atoms. The van der Waals surface area contributed by atoms with Gasteiger partial charge in [0.2, 0.25) is 0 Å². The highest BCUT2D eigenvalue weighted by atomic mass is 16.6. The van der Waals surface area contributed by atoms with Gasteiger partial charge in [-0.25, -0.2) is 0 Å². The highest BCUT2D eigenvalue weighted by Crippen LogP contribution is 2.14. The van der Waals surface area contributed by atoms with Gasteiger partial charge in [-0.1, -0.05) is 234 Å². The molecule has 0 saturated carbocycles. The first kappa shape index (κ1) is 62.3. The van der Waals surface area contributed by atoms with Gasteiger partial charge in [0.1, 0.15) is 13.2 Å². The van der Waals surface area contributed by atoms with Crippen molar-refractivity contribution in [2.24, 2.45) is 0 Å². The number of rotatable bonds is 48. The Kier molecular flexibility index (Phi) is 50.9. The van der Waals surface area contributed by atoms with Crippen molar-refractivity contribution in [3.05, 3.63) is 97.2 Å². The van der Waals surface area contributed by atoms with Crippen LogP contribution < -0.4 is 0 Å². The van der Waals surface area contributed by atoms with Gasteiger partial charge in [0, 0.05) is 19.3 Å². The van der Waals surface area contributed by atoms with Crippen molar-refractivity contribution in [2.75, 3.05) is 13.2 Å². The summed E-state index contributed by atoms with van der Waals surface area (Å²) in [6.45, 7) is 6.41. The second kappa shape index (κ2) is 53.9. The van der Waals surface area contributed by atoms with Crippen LogP contribution in [0.25, 0.3) is 0 Å². The third-order valence-electron chi connectivity index (χ3n) is 11.4. The molecule has 0 heterocycles. The highest BCUT2D eigenvalue weighted by molar-refractivity contribution is 5.71. The molecule has 1 atom stereocenters. The van der Waals surface area contributed by atoms with Gasteiger partial charge in [0.25, 0.3) is 0 Å². The van der Waals surface area contributed by atoms with Crippen molar-refractivity contribution < 1.29 is 28.6 Å². The summed E-state index contributed by atoms with van der Waals surface area (Å²) in [5.74, 6) is -0.935. The van der Waals surface area contributed by atoms with Crippen LogP contribution in [0.5, 0.6) is 0 Å². The van der Waals surface area contributed by atoms with Crippen molar-refractivity contribution in [1.29, 1.82) is 0 Å². The fraction of sp³-hybridized carbons (Fsp3) is 0.683. The fourth-order valence-electron chi connectivity index (χ4n) is 7.33. The molecule has 1 unspecified atom stereocenters. The summed E-state index contributed by atoms with van der Waals surface area (Å²) in [4.78, 5) is 38.1. The summed E-state index contributed by atoms with van der Waals surface area (Å²) < 4.78 is 16.8. The van der Waals surface area contributed by atoms with Crippen LogP contribution in [0.3, 0.4) is 0 Å². The van der Waals surface area contributed by atoms with Crippen LogP contribution in [0.1, 0.15) is 245 Å². The molecule has 0 aliphatic rings. The molecule has 0 saturated heterocycles. The van der Waals surface area contributed by atoms with E-state index in [1.54, 1.807) is 0 Å². The number of carbonyl (C=O) groups excluding carboxylic acids is 3. The molecule has 0 bridgehead atoms. The molecular formula is C60H100O6. The molecule has 6 heteroatoms. The van der Waals surface area contributed by atoms with E-state index in [1.807, 2.05) is 24.3 Å². The van der Waals surface area contributed by atoms with Crippen LogP contribution in [0, 0.1) is 0 Å². The molecule has 0 N–H and O–H groups in total. The molecule has 6 nitrogen and oxygen atoms in total. The maximum absolute atomic E-state index is 12.8. The fourth-order valence-corrected chi connectivity index (χ4v) is 7.33. The van der Waals surface area contributed by atoms with E-state index in [-0.39, 0.29) is 31.1 Å². The molecule has 0 radical (unpaired) electrons. The predicted octanol–water partition coefficient (Wildman–Crippen LogP) is 18.1. The number of unbranched alkanes of at least 4 members (excludes halogenated alkanes) is 25. The summed E-state index contributed by atoms with van der Waals surface area (Å²) in [7, 11) is 0. The van der Waals surface area contributed by atoms with Crippen LogP contribution in [0.2, 0.25) is 0 Å². The molecule has 0 aliphatic carbocycles. The van der Waals surface area contributed by atoms with E-state index < -0.39 is 6.10 Å². The number of hydrogen-bond acceptors (Lipinski definition) is 6. The quantitative estimate of drug-likeness (QED) is 0.0199. The van der Waals surface area contributed by atoms with Gasteiger partial charge in [-0.15, -0.1) is 0 Å². The summed E-state index contributed by atoms with van der Waals surface area (Å²) in [5.41, 5.74) is 0. The molecule has 0 fully saturated rings. The topological polar surface area (TPSA) is 78.9 Å². The van der Waals surface area contributed by atoms with Crippen LogP contribution in [-0.4, -0.2) is 37.2 Å². The second-order valence-electron chi connectivity index (χ2n) is 17.9. The van der Waals surface area contributed by atoms with E-state index in [0.717, 1.165) is 116 Å². The summed E-state index contributed by atoms with van der Waals surface area (Å²) in [6.07, 6.45) is 71.0. The molecule has 0 aromatic heterocycles. The third-order valence-corrected chi connectivity index (χ3v) is 11.4. The van der Waals surface area contributed by atoms with Crippen LogP contribution in [0.15, 0.2) is 97.2 Å². The van der Waals surface area contributed by atoms with Crippen molar-refractivity contribution in [3.63, 3.8) is 0 Å². The Morgan fingerprint density at radius 3 is 1.12 bits per heavy atom. The Morgan fingerprint density at radius 2 is 0.682 bits per heavy atom. The molecule has 66 heavy (non-hydrogen) atoms. The predicted molar refractivity (Wildman–Crippen MR) is 284 cm³/mol. The Labute approximate surface area is 407 Å². The Balaban J connectivity index is 4.47. The number of carbonyl (C=O) groups is 3. The Bertz CT molecular complexity index is 1330. The first-order valence-electron chi connectivity index (χ1n) is 27.3. The van der Waals surface area contributed by atoms with Gasteiger partial charge >= 0.3 is 17.9 Å². The van der Waals surface area contributed by atoms with Gasteiger partial charge in [0.05, 0.1) is 0 Å². The maximum atomic E-state index is 12.8. The van der Waals surface area contributed by atoms with E-state index in [4.69, 9.17) is 14.2 Å². The number of hydrogen-bond donors (Lipinski definition) is 0. The van der Waals surface area contributed by atoms with E-state index in [2.05, 4.69) is 93.7 Å². The van der Waals surface area contributed by atoms with Crippen molar-refractivity contribution in [2.45, 2.75) is 252 Å². The van der Waals surface area contributed by atoms with Gasteiger partial charge < -0.3 is 14.2 Å². The molecule has 0 aromatic carbocycles. The SMILES string of the molecule is CC/C=C\C/C=C\CCCCCCCCCC(=O)OCC(COC(=O)CCCCCCC\C=C/C=C\C=C/C=C\C=C/CCC)OC(=O)CCCCCCC/C=C\CCCCCCCCC. The zero-order chi connectivity index (χ0) is 47.9. The van der Waals surface area contributed by atoms with Gasteiger partial charge in [-0.2, -0.15) is 0 Å². The average molecular weight is 917 g/mol. The Morgan fingerprint density at radius 1 is 0.333 bits per heavy atom. The number of ether oxygens (including phenoxy) is 3. The molecular weight excluding hydrogens is 817 g/mol. The van der Waals surface area contributed by atoms with E-state index in [9.17, 15) is 14.4 Å². The lowest BCUT2D eigenvalue weighted by Gasteiger charge is -2.18. The molecule has 0 rings (SSSR count). The zero-order valence-corrected chi connectivity index (χ0v) is 42.9. The lowest BCUT2D eigenvalue weighted by atomic mass is 10.1. The molecule has 376 valence electrons. The number of allylic oxidation sites excluding steroid dienone is 16. The lowest BCUT2D eigenvalue weighted by Crippen LogP contribution is -2.30. The van der Waals surface area contributed by atoms with Gasteiger partial charge in [-0.05, 0) is 89.9 Å². The number of esters is 3. The van der Waals surface area contributed by atoms with Crippen LogP contribution in [-0.2, 0) is 28.6 Å². The minimum atomic E-state index is -0.797. The van der Waals surface area contributed by atoms with Crippen LogP contribution in [0.4, 0.5) is 0 Å². The van der Waals surface area contributed by atoms with E-state index in [1.165, 1.54) is 89.9 Å². The lowest BCUT2D eigenvalue weighted by molar-refractivity contribution is -0.167. The highest BCUT2D eigenvalue weighted by Gasteiger charge is 2.19. The third kappa shape index (κ3) is 51.3. The first-order valence-corrected chi connectivity index (χ1v) is 27.3. The summed E-state index contributed by atoms with van der Waals surface area (Å²) in [6, 6.07) is 0. The normalized spacial score (nSPS) is 12.8. The smallest absolute Gasteiger partial charge is 0.306 e. The van der Waals surface area contributed by atoms with Crippen molar-refractivity contribution in [1.82, 2.24) is 0 Å². The zero-order valence-electron chi connectivity index (χ0n) is 42.9. The summed E-state index contributed by atoms with van der Waals surface area (Å²) >= 11 is 0. The molecule has 0 amide bonds.